The quantitative estimate of drug-likeness (QED) is 0.464. The maximum absolute atomic E-state index is 12.2. The molecule has 0 spiro atoms. The number of methoxy groups -OCH3 is 2. The number of carbonyl (C=O) groups excluding carboxylic acids is 3. The number of benzene rings is 1. The largest absolute Gasteiger partial charge is 0.468 e. The molecule has 0 unspecified atom stereocenters. The van der Waals surface area contributed by atoms with E-state index in [2.05, 4.69) is 6.58 Å². The van der Waals surface area contributed by atoms with Gasteiger partial charge in [-0.15, -0.1) is 0 Å². The summed E-state index contributed by atoms with van der Waals surface area (Å²) in [4.78, 5) is 35.3. The molecule has 0 atom stereocenters. The first-order chi connectivity index (χ1) is 11.8. The molecule has 0 aliphatic heterocycles. The van der Waals surface area contributed by atoms with Crippen molar-refractivity contribution in [1.29, 1.82) is 0 Å². The van der Waals surface area contributed by atoms with E-state index in [-0.39, 0.29) is 12.8 Å². The van der Waals surface area contributed by atoms with E-state index < -0.39 is 23.3 Å². The predicted octanol–water partition coefficient (Wildman–Crippen LogP) is 2.68. The first-order valence-corrected chi connectivity index (χ1v) is 7.68. The molecule has 6 nitrogen and oxygen atoms in total. The third-order valence-electron chi connectivity index (χ3n) is 4.19. The molecule has 0 N–H and O–H groups in total. The second-order valence-corrected chi connectivity index (χ2v) is 5.77. The third kappa shape index (κ3) is 3.63. The molecular formula is C19H20O6. The summed E-state index contributed by atoms with van der Waals surface area (Å²) >= 11 is 0. The number of esters is 3. The average Bonchev–Trinajstić information content (AvgIpc) is 3.06. The van der Waals surface area contributed by atoms with Crippen molar-refractivity contribution in [3.05, 3.63) is 48.1 Å². The summed E-state index contributed by atoms with van der Waals surface area (Å²) in [7, 11) is 2.49. The predicted molar refractivity (Wildman–Crippen MR) is 90.6 cm³/mol. The minimum Gasteiger partial charge on any atom is -0.468 e. The Kier molecular flexibility index (Phi) is 5.41. The van der Waals surface area contributed by atoms with Gasteiger partial charge < -0.3 is 14.2 Å². The molecule has 1 aromatic rings. The van der Waals surface area contributed by atoms with Crippen molar-refractivity contribution in [1.82, 2.24) is 0 Å². The van der Waals surface area contributed by atoms with Gasteiger partial charge in [-0.2, -0.15) is 0 Å². The number of ether oxygens (including phenoxy) is 3. The van der Waals surface area contributed by atoms with Crippen LogP contribution in [-0.2, 0) is 23.9 Å². The molecule has 0 radical (unpaired) electrons. The lowest BCUT2D eigenvalue weighted by molar-refractivity contribution is -0.168. The zero-order valence-corrected chi connectivity index (χ0v) is 14.5. The van der Waals surface area contributed by atoms with Gasteiger partial charge in [0.25, 0.3) is 0 Å². The molecule has 0 amide bonds. The Morgan fingerprint density at radius 1 is 1.04 bits per heavy atom. The van der Waals surface area contributed by atoms with Gasteiger partial charge in [0.15, 0.2) is 5.41 Å². The Balaban J connectivity index is 2.19. The van der Waals surface area contributed by atoms with Crippen LogP contribution in [-0.4, -0.2) is 32.1 Å². The Bertz CT molecular complexity index is 726. The second kappa shape index (κ2) is 7.34. The van der Waals surface area contributed by atoms with Crippen LogP contribution < -0.4 is 4.74 Å². The van der Waals surface area contributed by atoms with Crippen LogP contribution >= 0.6 is 0 Å². The van der Waals surface area contributed by atoms with Gasteiger partial charge in [-0.25, -0.2) is 0 Å². The average molecular weight is 344 g/mol. The maximum atomic E-state index is 12.2. The van der Waals surface area contributed by atoms with Crippen molar-refractivity contribution >= 4 is 23.5 Å². The minimum absolute atomic E-state index is 0.164. The van der Waals surface area contributed by atoms with Gasteiger partial charge in [-0.1, -0.05) is 24.8 Å². The van der Waals surface area contributed by atoms with Crippen LogP contribution in [0.5, 0.6) is 5.75 Å². The molecule has 0 saturated heterocycles. The SMILES string of the molecule is C=C(C1=CCC(C(=O)OC)(C(=O)OC)C1)c1ccc(OC(C)=O)cc1. The Morgan fingerprint density at radius 2 is 1.60 bits per heavy atom. The minimum atomic E-state index is -1.36. The molecule has 0 aromatic heterocycles. The van der Waals surface area contributed by atoms with Gasteiger partial charge in [0.05, 0.1) is 14.2 Å². The van der Waals surface area contributed by atoms with Gasteiger partial charge in [0.1, 0.15) is 5.75 Å². The van der Waals surface area contributed by atoms with Gasteiger partial charge in [-0.3, -0.25) is 14.4 Å². The molecule has 0 bridgehead atoms. The first kappa shape index (κ1) is 18.4. The third-order valence-corrected chi connectivity index (χ3v) is 4.19. The molecule has 1 aromatic carbocycles. The van der Waals surface area contributed by atoms with Crippen molar-refractivity contribution in [3.8, 4) is 5.75 Å². The van der Waals surface area contributed by atoms with E-state index in [9.17, 15) is 14.4 Å². The highest BCUT2D eigenvalue weighted by Gasteiger charge is 2.51. The molecule has 1 aliphatic rings. The van der Waals surface area contributed by atoms with Gasteiger partial charge in [0.2, 0.25) is 0 Å². The van der Waals surface area contributed by atoms with E-state index in [4.69, 9.17) is 14.2 Å². The second-order valence-electron chi connectivity index (χ2n) is 5.77. The summed E-state index contributed by atoms with van der Waals surface area (Å²) in [5.74, 6) is -1.21. The lowest BCUT2D eigenvalue weighted by Crippen LogP contribution is -2.39. The highest BCUT2D eigenvalue weighted by atomic mass is 16.5. The lowest BCUT2D eigenvalue weighted by Gasteiger charge is -2.23. The van der Waals surface area contributed by atoms with E-state index in [0.29, 0.717) is 11.3 Å². The Hall–Kier alpha value is -2.89. The summed E-state index contributed by atoms with van der Waals surface area (Å²) in [5.41, 5.74) is 0.896. The molecule has 0 saturated carbocycles. The van der Waals surface area contributed by atoms with E-state index >= 15 is 0 Å². The van der Waals surface area contributed by atoms with Crippen molar-refractivity contribution < 1.29 is 28.6 Å². The zero-order valence-electron chi connectivity index (χ0n) is 14.5. The summed E-state index contributed by atoms with van der Waals surface area (Å²) in [6.45, 7) is 5.38. The number of hydrogen-bond acceptors (Lipinski definition) is 6. The fourth-order valence-corrected chi connectivity index (χ4v) is 2.86. The van der Waals surface area contributed by atoms with Crippen LogP contribution in [0.15, 0.2) is 42.5 Å². The molecule has 0 fully saturated rings. The van der Waals surface area contributed by atoms with Crippen molar-refractivity contribution in [2.24, 2.45) is 5.41 Å². The van der Waals surface area contributed by atoms with Crippen molar-refractivity contribution in [3.63, 3.8) is 0 Å². The Labute approximate surface area is 146 Å². The number of carbonyl (C=O) groups is 3. The number of hydrogen-bond donors (Lipinski definition) is 0. The number of allylic oxidation sites excluding steroid dienone is 3. The fraction of sp³-hybridized carbons (Fsp3) is 0.316. The first-order valence-electron chi connectivity index (χ1n) is 7.68. The monoisotopic (exact) mass is 344 g/mol. The molecule has 6 heteroatoms. The van der Waals surface area contributed by atoms with Gasteiger partial charge in [-0.05, 0) is 41.7 Å². The summed E-state index contributed by atoms with van der Waals surface area (Å²) in [6, 6.07) is 6.84. The van der Waals surface area contributed by atoms with Crippen LogP contribution in [0.4, 0.5) is 0 Å². The van der Waals surface area contributed by atoms with E-state index in [1.165, 1.54) is 21.1 Å². The molecule has 132 valence electrons. The highest BCUT2D eigenvalue weighted by Crippen LogP contribution is 2.44. The fourth-order valence-electron chi connectivity index (χ4n) is 2.86. The number of rotatable bonds is 5. The standard InChI is InChI=1S/C19H20O6/c1-12(14-5-7-16(8-6-14)25-13(2)20)15-9-10-19(11-15,17(21)23-3)18(22)24-4/h5-9H,1,10-11H2,2-4H3. The van der Waals surface area contributed by atoms with Crippen LogP contribution in [0.1, 0.15) is 25.3 Å². The smallest absolute Gasteiger partial charge is 0.323 e. The summed E-state index contributed by atoms with van der Waals surface area (Å²) in [5, 5.41) is 0. The van der Waals surface area contributed by atoms with E-state index in [0.717, 1.165) is 11.1 Å². The normalized spacial score (nSPS) is 15.1. The summed E-state index contributed by atoms with van der Waals surface area (Å²) < 4.78 is 14.6. The van der Waals surface area contributed by atoms with Crippen LogP contribution in [0.2, 0.25) is 0 Å². The zero-order chi connectivity index (χ0) is 18.6. The molecule has 0 heterocycles. The van der Waals surface area contributed by atoms with Gasteiger partial charge in [0, 0.05) is 6.92 Å². The van der Waals surface area contributed by atoms with E-state index in [1.54, 1.807) is 30.3 Å². The Morgan fingerprint density at radius 3 is 2.08 bits per heavy atom. The molecule has 25 heavy (non-hydrogen) atoms. The highest BCUT2D eigenvalue weighted by molar-refractivity contribution is 6.02. The van der Waals surface area contributed by atoms with Crippen LogP contribution in [0.25, 0.3) is 5.57 Å². The molecule has 2 rings (SSSR count). The van der Waals surface area contributed by atoms with Crippen molar-refractivity contribution in [2.45, 2.75) is 19.8 Å². The van der Waals surface area contributed by atoms with Gasteiger partial charge >= 0.3 is 17.9 Å². The maximum Gasteiger partial charge on any atom is 0.323 e. The van der Waals surface area contributed by atoms with Crippen LogP contribution in [0.3, 0.4) is 0 Å². The lowest BCUT2D eigenvalue weighted by atomic mass is 9.83. The molecule has 1 aliphatic carbocycles. The van der Waals surface area contributed by atoms with E-state index in [1.807, 2.05) is 0 Å². The molecular weight excluding hydrogens is 324 g/mol. The summed E-state index contributed by atoms with van der Waals surface area (Å²) in [6.07, 6.45) is 2.17. The van der Waals surface area contributed by atoms with Crippen LogP contribution in [0, 0.1) is 5.41 Å². The van der Waals surface area contributed by atoms with Crippen molar-refractivity contribution in [2.75, 3.05) is 14.2 Å². The topological polar surface area (TPSA) is 78.9 Å².